The molecule has 0 N–H and O–H groups in total. The molecular formula is C11H13Cl2N3OS. The van der Waals surface area contributed by atoms with Crippen molar-refractivity contribution >= 4 is 45.6 Å². The molecule has 1 aliphatic carbocycles. The highest BCUT2D eigenvalue weighted by molar-refractivity contribution is 7.13. The minimum absolute atomic E-state index is 0.0961. The number of nitrogens with zero attached hydrogens (tertiary/aromatic N) is 3. The zero-order chi connectivity index (χ0) is 12.8. The predicted molar refractivity (Wildman–Crippen MR) is 73.5 cm³/mol. The van der Waals surface area contributed by atoms with E-state index in [-0.39, 0.29) is 11.8 Å². The first kappa shape index (κ1) is 12.5. The lowest BCUT2D eigenvalue weighted by atomic mass is 10.3. The van der Waals surface area contributed by atoms with Gasteiger partial charge in [-0.1, -0.05) is 0 Å². The Kier molecular flexibility index (Phi) is 3.16. The number of hydrogen-bond donors (Lipinski definition) is 0. The third-order valence-corrected chi connectivity index (χ3v) is 5.07. The van der Waals surface area contributed by atoms with Crippen LogP contribution in [-0.2, 0) is 4.79 Å². The second kappa shape index (κ2) is 4.54. The van der Waals surface area contributed by atoms with Gasteiger partial charge in [-0.05, 0) is 6.42 Å². The van der Waals surface area contributed by atoms with Crippen molar-refractivity contribution in [2.24, 2.45) is 5.92 Å². The van der Waals surface area contributed by atoms with E-state index in [1.807, 2.05) is 10.3 Å². The summed E-state index contributed by atoms with van der Waals surface area (Å²) >= 11 is 13.5. The third kappa shape index (κ3) is 2.31. The molecule has 0 aromatic carbocycles. The predicted octanol–water partition coefficient (Wildman–Crippen LogP) is 1.99. The summed E-state index contributed by atoms with van der Waals surface area (Å²) in [6.45, 7) is 3.09. The van der Waals surface area contributed by atoms with E-state index in [0.717, 1.165) is 31.3 Å². The fourth-order valence-electron chi connectivity index (χ4n) is 2.19. The van der Waals surface area contributed by atoms with Crippen LogP contribution in [0.5, 0.6) is 0 Å². The van der Waals surface area contributed by atoms with Crippen molar-refractivity contribution in [3.8, 4) is 0 Å². The summed E-state index contributed by atoms with van der Waals surface area (Å²) in [5, 5.41) is 2.99. The van der Waals surface area contributed by atoms with Crippen LogP contribution >= 0.6 is 34.5 Å². The Labute approximate surface area is 119 Å². The number of piperazine rings is 1. The van der Waals surface area contributed by atoms with E-state index in [0.29, 0.717) is 6.42 Å². The highest BCUT2D eigenvalue weighted by Crippen LogP contribution is 2.53. The van der Waals surface area contributed by atoms with E-state index in [9.17, 15) is 4.79 Å². The molecule has 1 saturated carbocycles. The Morgan fingerprint density at radius 2 is 2.06 bits per heavy atom. The Bertz CT molecular complexity index is 443. The molecule has 1 amide bonds. The zero-order valence-corrected chi connectivity index (χ0v) is 12.0. The van der Waals surface area contributed by atoms with Gasteiger partial charge in [0.25, 0.3) is 0 Å². The Balaban J connectivity index is 1.56. The van der Waals surface area contributed by atoms with Crippen molar-refractivity contribution < 1.29 is 4.79 Å². The molecule has 7 heteroatoms. The summed E-state index contributed by atoms with van der Waals surface area (Å²) in [5.74, 6) is -0.106. The summed E-state index contributed by atoms with van der Waals surface area (Å²) in [7, 11) is 0. The Morgan fingerprint density at radius 3 is 2.56 bits per heavy atom. The monoisotopic (exact) mass is 305 g/mol. The summed E-state index contributed by atoms with van der Waals surface area (Å²) in [6.07, 6.45) is 2.39. The number of amides is 1. The molecule has 98 valence electrons. The molecule has 0 spiro atoms. The maximum absolute atomic E-state index is 12.1. The quantitative estimate of drug-likeness (QED) is 0.784. The number of thiazole rings is 1. The van der Waals surface area contributed by atoms with Crippen molar-refractivity contribution in [3.63, 3.8) is 0 Å². The van der Waals surface area contributed by atoms with E-state index in [1.54, 1.807) is 17.5 Å². The first-order valence-corrected chi connectivity index (χ1v) is 7.52. The van der Waals surface area contributed by atoms with Crippen LogP contribution in [0.4, 0.5) is 5.13 Å². The first-order chi connectivity index (χ1) is 8.58. The smallest absolute Gasteiger partial charge is 0.228 e. The molecule has 1 atom stereocenters. The van der Waals surface area contributed by atoms with Gasteiger partial charge >= 0.3 is 0 Å². The molecule has 1 unspecified atom stereocenters. The van der Waals surface area contributed by atoms with Gasteiger partial charge in [-0.2, -0.15) is 0 Å². The molecule has 3 rings (SSSR count). The number of halogens is 2. The molecule has 1 saturated heterocycles. The van der Waals surface area contributed by atoms with Crippen molar-refractivity contribution in [3.05, 3.63) is 11.6 Å². The minimum atomic E-state index is -0.816. The van der Waals surface area contributed by atoms with E-state index in [2.05, 4.69) is 9.88 Å². The van der Waals surface area contributed by atoms with E-state index < -0.39 is 4.33 Å². The minimum Gasteiger partial charge on any atom is -0.345 e. The number of carbonyl (C=O) groups is 1. The number of anilines is 1. The second-order valence-electron chi connectivity index (χ2n) is 4.64. The topological polar surface area (TPSA) is 36.4 Å². The number of hydrogen-bond acceptors (Lipinski definition) is 4. The van der Waals surface area contributed by atoms with Gasteiger partial charge in [0.15, 0.2) is 5.13 Å². The van der Waals surface area contributed by atoms with Crippen LogP contribution in [0.15, 0.2) is 11.6 Å². The van der Waals surface area contributed by atoms with E-state index in [4.69, 9.17) is 23.2 Å². The molecule has 4 nitrogen and oxygen atoms in total. The number of carbonyl (C=O) groups excluding carboxylic acids is 1. The average Bonchev–Trinajstić information content (AvgIpc) is 2.82. The van der Waals surface area contributed by atoms with Crippen LogP contribution in [0.1, 0.15) is 6.42 Å². The fraction of sp³-hybridized carbons (Fsp3) is 0.636. The van der Waals surface area contributed by atoms with Crippen molar-refractivity contribution in [1.29, 1.82) is 0 Å². The standard InChI is InChI=1S/C11H13Cl2N3OS/c12-11(13)7-8(11)9(17)15-2-4-16(5-3-15)10-14-1-6-18-10/h1,6,8H,2-5,7H2. The summed E-state index contributed by atoms with van der Waals surface area (Å²) in [6, 6.07) is 0. The van der Waals surface area contributed by atoms with Gasteiger partial charge in [-0.25, -0.2) is 4.98 Å². The molecule has 1 aliphatic heterocycles. The highest BCUT2D eigenvalue weighted by atomic mass is 35.5. The van der Waals surface area contributed by atoms with Crippen LogP contribution in [0.2, 0.25) is 0 Å². The molecular weight excluding hydrogens is 293 g/mol. The zero-order valence-electron chi connectivity index (χ0n) is 9.68. The average molecular weight is 306 g/mol. The van der Waals surface area contributed by atoms with E-state index >= 15 is 0 Å². The van der Waals surface area contributed by atoms with Crippen LogP contribution in [0.3, 0.4) is 0 Å². The van der Waals surface area contributed by atoms with Crippen molar-refractivity contribution in [1.82, 2.24) is 9.88 Å². The molecule has 2 fully saturated rings. The van der Waals surface area contributed by atoms with Crippen molar-refractivity contribution in [2.45, 2.75) is 10.8 Å². The lowest BCUT2D eigenvalue weighted by molar-refractivity contribution is -0.132. The molecule has 1 aromatic rings. The maximum Gasteiger partial charge on any atom is 0.228 e. The summed E-state index contributed by atoms with van der Waals surface area (Å²) in [4.78, 5) is 20.4. The van der Waals surface area contributed by atoms with Gasteiger partial charge in [-0.15, -0.1) is 34.5 Å². The normalized spacial score (nSPS) is 26.2. The maximum atomic E-state index is 12.1. The summed E-state index contributed by atoms with van der Waals surface area (Å²) < 4.78 is -0.816. The van der Waals surface area contributed by atoms with Gasteiger partial charge in [0.2, 0.25) is 5.91 Å². The van der Waals surface area contributed by atoms with Crippen LogP contribution in [0.25, 0.3) is 0 Å². The molecule has 1 aromatic heterocycles. The first-order valence-electron chi connectivity index (χ1n) is 5.89. The lowest BCUT2D eigenvalue weighted by Crippen LogP contribution is -2.49. The van der Waals surface area contributed by atoms with E-state index in [1.165, 1.54) is 0 Å². The van der Waals surface area contributed by atoms with Gasteiger partial charge < -0.3 is 9.80 Å². The van der Waals surface area contributed by atoms with Gasteiger partial charge in [-0.3, -0.25) is 4.79 Å². The van der Waals surface area contributed by atoms with Crippen LogP contribution in [-0.4, -0.2) is 46.3 Å². The molecule has 18 heavy (non-hydrogen) atoms. The molecule has 0 bridgehead atoms. The fourth-order valence-corrected chi connectivity index (χ4v) is 3.38. The Hall–Kier alpha value is -0.520. The number of alkyl halides is 2. The van der Waals surface area contributed by atoms with Crippen LogP contribution < -0.4 is 4.90 Å². The highest BCUT2D eigenvalue weighted by Gasteiger charge is 2.57. The van der Waals surface area contributed by atoms with Gasteiger partial charge in [0.1, 0.15) is 4.33 Å². The van der Waals surface area contributed by atoms with Gasteiger partial charge in [0.05, 0.1) is 5.92 Å². The number of rotatable bonds is 2. The van der Waals surface area contributed by atoms with Crippen LogP contribution in [0, 0.1) is 5.92 Å². The summed E-state index contributed by atoms with van der Waals surface area (Å²) in [5.41, 5.74) is 0. The molecule has 2 aliphatic rings. The van der Waals surface area contributed by atoms with Gasteiger partial charge in [0, 0.05) is 37.8 Å². The largest absolute Gasteiger partial charge is 0.345 e. The third-order valence-electron chi connectivity index (χ3n) is 3.41. The Morgan fingerprint density at radius 1 is 1.39 bits per heavy atom. The molecule has 2 heterocycles. The number of aromatic nitrogens is 1. The SMILES string of the molecule is O=C(C1CC1(Cl)Cl)N1CCN(c2nccs2)CC1. The molecule has 0 radical (unpaired) electrons. The van der Waals surface area contributed by atoms with Crippen molar-refractivity contribution in [2.75, 3.05) is 31.1 Å². The lowest BCUT2D eigenvalue weighted by Gasteiger charge is -2.34. The second-order valence-corrected chi connectivity index (χ2v) is 7.06.